The molecule has 11 N–H and O–H groups in total. The number of nitrogens with two attached hydrogens (primary N) is 2. The zero-order valence-corrected chi connectivity index (χ0v) is 29.2. The highest BCUT2D eigenvalue weighted by atomic mass is 16.4. The molecule has 1 fully saturated rings. The lowest BCUT2D eigenvalue weighted by molar-refractivity contribution is -0.144. The summed E-state index contributed by atoms with van der Waals surface area (Å²) < 4.78 is 0. The van der Waals surface area contributed by atoms with Crippen LogP contribution in [0.2, 0.25) is 0 Å². The van der Waals surface area contributed by atoms with Crippen molar-refractivity contribution in [3.05, 3.63) is 0 Å². The molecule has 0 aromatic heterocycles. The maximum atomic E-state index is 13.4. The van der Waals surface area contributed by atoms with E-state index < -0.39 is 108 Å². The van der Waals surface area contributed by atoms with E-state index in [0.29, 0.717) is 19.3 Å². The van der Waals surface area contributed by atoms with Crippen molar-refractivity contribution in [3.63, 3.8) is 0 Å². The van der Waals surface area contributed by atoms with E-state index in [0.717, 1.165) is 0 Å². The van der Waals surface area contributed by atoms with E-state index in [2.05, 4.69) is 26.6 Å². The molecule has 7 amide bonds. The number of carboxylic acid groups (broad SMARTS) is 2. The lowest BCUT2D eigenvalue weighted by Crippen LogP contribution is -2.59. The number of nitrogens with zero attached hydrogens (tertiary/aromatic N) is 1. The molecule has 0 saturated carbocycles. The third kappa shape index (κ3) is 14.4. The SMILES string of the molecule is CC[C@H](C)[C@H](NC(=O)[C@H](CC(C)C)NC(=O)[C@H](C)NC(=O)CNC(=O)[C@@H]1CCCN1C(=O)[C@@H](N)CCC(=O)O)C(=O)N[C@@H](CC(N)=O)C(=O)O. The van der Waals surface area contributed by atoms with Gasteiger partial charge in [-0.15, -0.1) is 0 Å². The Kier molecular flexibility index (Phi) is 17.8. The van der Waals surface area contributed by atoms with E-state index in [4.69, 9.17) is 16.6 Å². The van der Waals surface area contributed by atoms with Gasteiger partial charge in [-0.1, -0.05) is 34.1 Å². The minimum atomic E-state index is -1.61. The molecule has 7 atom stereocenters. The van der Waals surface area contributed by atoms with E-state index >= 15 is 0 Å². The maximum Gasteiger partial charge on any atom is 0.326 e. The van der Waals surface area contributed by atoms with Crippen molar-refractivity contribution in [2.45, 2.75) is 116 Å². The number of hydrogen-bond acceptors (Lipinski definition) is 10. The normalized spacial score (nSPS) is 17.7. The maximum absolute atomic E-state index is 13.4. The first kappa shape index (κ1) is 43.2. The van der Waals surface area contributed by atoms with Crippen molar-refractivity contribution in [2.24, 2.45) is 23.3 Å². The molecule has 0 aromatic carbocycles. The fourth-order valence-corrected chi connectivity index (χ4v) is 5.18. The van der Waals surface area contributed by atoms with E-state index in [-0.39, 0.29) is 31.7 Å². The van der Waals surface area contributed by atoms with E-state index in [1.807, 2.05) is 0 Å². The van der Waals surface area contributed by atoms with Gasteiger partial charge in [0, 0.05) is 13.0 Å². The largest absolute Gasteiger partial charge is 0.481 e. The van der Waals surface area contributed by atoms with Crippen LogP contribution < -0.4 is 38.1 Å². The Hall–Kier alpha value is -4.81. The molecular weight excluding hydrogens is 660 g/mol. The Morgan fingerprint density at radius 1 is 0.860 bits per heavy atom. The molecule has 19 heteroatoms. The number of aliphatic carboxylic acids is 2. The molecule has 0 unspecified atom stereocenters. The molecule has 0 aromatic rings. The fraction of sp³-hybridized carbons (Fsp3) is 0.710. The van der Waals surface area contributed by atoms with Gasteiger partial charge in [0.25, 0.3) is 0 Å². The summed E-state index contributed by atoms with van der Waals surface area (Å²) in [4.78, 5) is 113. The quantitative estimate of drug-likeness (QED) is 0.0587. The average Bonchev–Trinajstić information content (AvgIpc) is 3.53. The van der Waals surface area contributed by atoms with Gasteiger partial charge < -0.3 is 53.2 Å². The van der Waals surface area contributed by atoms with Crippen molar-refractivity contribution in [1.82, 2.24) is 31.5 Å². The molecule has 1 saturated heterocycles. The van der Waals surface area contributed by atoms with Crippen LogP contribution in [0.15, 0.2) is 0 Å². The van der Waals surface area contributed by atoms with Crippen LogP contribution >= 0.6 is 0 Å². The lowest BCUT2D eigenvalue weighted by Gasteiger charge is -2.28. The second-order valence-corrected chi connectivity index (χ2v) is 12.9. The Morgan fingerprint density at radius 3 is 2.02 bits per heavy atom. The van der Waals surface area contributed by atoms with Gasteiger partial charge in [-0.05, 0) is 44.4 Å². The van der Waals surface area contributed by atoms with E-state index in [9.17, 15) is 48.3 Å². The number of carbonyl (C=O) groups is 9. The van der Waals surface area contributed by atoms with Crippen molar-refractivity contribution in [2.75, 3.05) is 13.1 Å². The molecule has 0 aliphatic carbocycles. The standard InChI is InChI=1S/C31H52N8O11/c1-6-16(4)25(29(47)37-20(31(49)50)13-22(33)40)38-27(45)19(12-15(2)3)36-26(44)17(5)35-23(41)14-34-28(46)21-8-7-11-39(21)30(48)18(32)9-10-24(42)43/h15-21,25H,6-14,32H2,1-5H3,(H2,33,40)(H,34,46)(H,35,41)(H,36,44)(H,37,47)(H,38,45)(H,42,43)(H,49,50)/t16-,17-,18-,19-,20-,21-,25-/m0/s1. The summed E-state index contributed by atoms with van der Waals surface area (Å²) in [5.74, 6) is -8.40. The predicted octanol–water partition coefficient (Wildman–Crippen LogP) is -2.70. The molecular formula is C31H52N8O11. The van der Waals surface area contributed by atoms with Crippen LogP contribution in [-0.4, -0.2) is 118 Å². The van der Waals surface area contributed by atoms with Crippen molar-refractivity contribution < 1.29 is 53.4 Å². The van der Waals surface area contributed by atoms with Crippen LogP contribution in [0.4, 0.5) is 0 Å². The van der Waals surface area contributed by atoms with E-state index in [1.165, 1.54) is 11.8 Å². The monoisotopic (exact) mass is 712 g/mol. The van der Waals surface area contributed by atoms with Crippen LogP contribution in [0, 0.1) is 11.8 Å². The zero-order chi connectivity index (χ0) is 38.3. The van der Waals surface area contributed by atoms with Crippen molar-refractivity contribution in [3.8, 4) is 0 Å². The Balaban J connectivity index is 2.85. The van der Waals surface area contributed by atoms with Gasteiger partial charge in [0.2, 0.25) is 41.4 Å². The van der Waals surface area contributed by atoms with Crippen LogP contribution in [0.1, 0.15) is 79.6 Å². The first-order valence-corrected chi connectivity index (χ1v) is 16.6. The summed E-state index contributed by atoms with van der Waals surface area (Å²) in [6.07, 6.45) is 0.296. The second kappa shape index (κ2) is 20.6. The highest BCUT2D eigenvalue weighted by Gasteiger charge is 2.37. The molecule has 0 radical (unpaired) electrons. The van der Waals surface area contributed by atoms with Crippen LogP contribution in [-0.2, 0) is 43.2 Å². The van der Waals surface area contributed by atoms with Crippen molar-refractivity contribution in [1.29, 1.82) is 0 Å². The van der Waals surface area contributed by atoms with Gasteiger partial charge in [0.05, 0.1) is 19.0 Å². The van der Waals surface area contributed by atoms with Crippen molar-refractivity contribution >= 4 is 53.3 Å². The number of amides is 7. The number of rotatable bonds is 21. The van der Waals surface area contributed by atoms with Gasteiger partial charge in [-0.2, -0.15) is 0 Å². The van der Waals surface area contributed by atoms with Gasteiger partial charge >= 0.3 is 11.9 Å². The molecule has 50 heavy (non-hydrogen) atoms. The second-order valence-electron chi connectivity index (χ2n) is 12.9. The highest BCUT2D eigenvalue weighted by molar-refractivity contribution is 5.96. The minimum absolute atomic E-state index is 0.0968. The summed E-state index contributed by atoms with van der Waals surface area (Å²) in [7, 11) is 0. The molecule has 19 nitrogen and oxygen atoms in total. The molecule has 1 heterocycles. The number of carboxylic acids is 2. The summed E-state index contributed by atoms with van der Waals surface area (Å²) in [6.45, 7) is 8.06. The molecule has 1 rings (SSSR count). The molecule has 1 aliphatic heterocycles. The van der Waals surface area contributed by atoms with Crippen LogP contribution in [0.25, 0.3) is 0 Å². The number of likely N-dealkylation sites (tertiary alicyclic amines) is 1. The summed E-state index contributed by atoms with van der Waals surface area (Å²) in [6, 6.07) is -7.16. The first-order valence-electron chi connectivity index (χ1n) is 16.6. The first-order chi connectivity index (χ1) is 23.3. The highest BCUT2D eigenvalue weighted by Crippen LogP contribution is 2.19. The summed E-state index contributed by atoms with van der Waals surface area (Å²) in [5, 5.41) is 30.4. The van der Waals surface area contributed by atoms with E-state index in [1.54, 1.807) is 27.7 Å². The Bertz CT molecular complexity index is 1280. The summed E-state index contributed by atoms with van der Waals surface area (Å²) in [5.41, 5.74) is 10.9. The number of carbonyl (C=O) groups excluding carboxylic acids is 7. The summed E-state index contributed by atoms with van der Waals surface area (Å²) >= 11 is 0. The van der Waals surface area contributed by atoms with Crippen LogP contribution in [0.5, 0.6) is 0 Å². The average molecular weight is 713 g/mol. The van der Waals surface area contributed by atoms with Gasteiger partial charge in [0.1, 0.15) is 30.2 Å². The molecule has 282 valence electrons. The lowest BCUT2D eigenvalue weighted by atomic mass is 9.96. The topological polar surface area (TPSA) is 310 Å². The van der Waals surface area contributed by atoms with Gasteiger partial charge in [-0.25, -0.2) is 4.79 Å². The number of primary amides is 1. The van der Waals surface area contributed by atoms with Crippen LogP contribution in [0.3, 0.4) is 0 Å². The minimum Gasteiger partial charge on any atom is -0.481 e. The fourth-order valence-electron chi connectivity index (χ4n) is 5.18. The molecule has 1 aliphatic rings. The predicted molar refractivity (Wildman–Crippen MR) is 176 cm³/mol. The Morgan fingerprint density at radius 2 is 1.48 bits per heavy atom. The smallest absolute Gasteiger partial charge is 0.326 e. The molecule has 0 spiro atoms. The third-order valence-corrected chi connectivity index (χ3v) is 8.17. The Labute approximate surface area is 290 Å². The number of nitrogens with one attached hydrogen (secondary N) is 5. The zero-order valence-electron chi connectivity index (χ0n) is 29.2. The molecule has 0 bridgehead atoms. The third-order valence-electron chi connectivity index (χ3n) is 8.17. The van der Waals surface area contributed by atoms with Gasteiger partial charge in [-0.3, -0.25) is 38.4 Å². The number of hydrogen-bond donors (Lipinski definition) is 9. The van der Waals surface area contributed by atoms with Gasteiger partial charge in [0.15, 0.2) is 0 Å².